The van der Waals surface area contributed by atoms with Gasteiger partial charge in [-0.15, -0.1) is 0 Å². The molecule has 0 bridgehead atoms. The van der Waals surface area contributed by atoms with E-state index in [9.17, 15) is 8.42 Å². The third-order valence-electron chi connectivity index (χ3n) is 2.80. The van der Waals surface area contributed by atoms with Crippen molar-refractivity contribution in [3.63, 3.8) is 0 Å². The van der Waals surface area contributed by atoms with Crippen molar-refractivity contribution in [1.29, 1.82) is 0 Å². The van der Waals surface area contributed by atoms with Gasteiger partial charge in [0, 0.05) is 26.6 Å². The molecule has 0 atom stereocenters. The fraction of sp³-hybridized carbons (Fsp3) is 0.600. The second-order valence-corrected chi connectivity index (χ2v) is 8.26. The fourth-order valence-corrected chi connectivity index (χ4v) is 3.29. The van der Waals surface area contributed by atoms with Crippen molar-refractivity contribution in [2.75, 3.05) is 26.8 Å². The first-order valence-electron chi connectivity index (χ1n) is 6.97. The maximum atomic E-state index is 12.4. The van der Waals surface area contributed by atoms with E-state index in [4.69, 9.17) is 9.84 Å². The minimum absolute atomic E-state index is 0.0735. The Morgan fingerprint density at radius 3 is 2.24 bits per heavy atom. The molecular weight excluding hydrogens is 290 g/mol. The van der Waals surface area contributed by atoms with Gasteiger partial charge in [-0.05, 0) is 29.7 Å². The Morgan fingerprint density at radius 1 is 1.19 bits per heavy atom. The van der Waals surface area contributed by atoms with E-state index in [1.54, 1.807) is 31.3 Å². The highest BCUT2D eigenvalue weighted by Gasteiger charge is 2.25. The molecule has 0 aliphatic carbocycles. The maximum Gasteiger partial charge on any atom is 0.242 e. The summed E-state index contributed by atoms with van der Waals surface area (Å²) in [5, 5.41) is 8.68. The predicted molar refractivity (Wildman–Crippen MR) is 82.9 cm³/mol. The zero-order valence-corrected chi connectivity index (χ0v) is 14.0. The van der Waals surface area contributed by atoms with Gasteiger partial charge in [0.1, 0.15) is 5.75 Å². The van der Waals surface area contributed by atoms with Crippen LogP contribution in [0.5, 0.6) is 5.75 Å². The van der Waals surface area contributed by atoms with Crippen LogP contribution in [-0.2, 0) is 10.0 Å². The van der Waals surface area contributed by atoms with Crippen LogP contribution in [0.2, 0.25) is 0 Å². The number of benzene rings is 1. The molecule has 21 heavy (non-hydrogen) atoms. The number of aliphatic hydroxyl groups is 1. The summed E-state index contributed by atoms with van der Waals surface area (Å²) in [5.74, 6) is 0.598. The smallest absolute Gasteiger partial charge is 0.242 e. The molecule has 0 fully saturated rings. The van der Waals surface area contributed by atoms with Crippen molar-refractivity contribution in [2.24, 2.45) is 5.41 Å². The summed E-state index contributed by atoms with van der Waals surface area (Å²) in [5.41, 5.74) is -0.102. The monoisotopic (exact) mass is 315 g/mol. The Hall–Kier alpha value is -1.11. The van der Waals surface area contributed by atoms with Gasteiger partial charge in [0.15, 0.2) is 0 Å². The minimum Gasteiger partial charge on any atom is -0.494 e. The van der Waals surface area contributed by atoms with Crippen LogP contribution < -0.4 is 4.74 Å². The summed E-state index contributed by atoms with van der Waals surface area (Å²) in [4.78, 5) is 0.253. The molecule has 1 aromatic carbocycles. The quantitative estimate of drug-likeness (QED) is 0.783. The standard InChI is InChI=1S/C15H25NO4S/c1-15(2,3)12-16(4)21(18,19)14-8-6-13(7-9-14)20-11-5-10-17/h6-9,17H,5,10-12H2,1-4H3. The molecule has 5 nitrogen and oxygen atoms in total. The van der Waals surface area contributed by atoms with E-state index in [0.29, 0.717) is 25.3 Å². The molecule has 1 N–H and O–H groups in total. The van der Waals surface area contributed by atoms with Gasteiger partial charge < -0.3 is 9.84 Å². The summed E-state index contributed by atoms with van der Waals surface area (Å²) in [7, 11) is -1.89. The van der Waals surface area contributed by atoms with Gasteiger partial charge in [-0.25, -0.2) is 12.7 Å². The van der Waals surface area contributed by atoms with E-state index in [1.165, 1.54) is 4.31 Å². The first-order chi connectivity index (χ1) is 9.66. The van der Waals surface area contributed by atoms with Crippen LogP contribution in [0.4, 0.5) is 0 Å². The van der Waals surface area contributed by atoms with E-state index < -0.39 is 10.0 Å². The van der Waals surface area contributed by atoms with Gasteiger partial charge >= 0.3 is 0 Å². The Labute approximate surface area is 127 Å². The van der Waals surface area contributed by atoms with E-state index >= 15 is 0 Å². The van der Waals surface area contributed by atoms with Gasteiger partial charge in [0.05, 0.1) is 11.5 Å². The summed E-state index contributed by atoms with van der Waals surface area (Å²) < 4.78 is 31.6. The molecule has 0 aliphatic heterocycles. The third kappa shape index (κ3) is 5.65. The summed E-state index contributed by atoms with van der Waals surface area (Å²) in [6.07, 6.45) is 0.550. The number of rotatable bonds is 7. The Morgan fingerprint density at radius 2 is 1.76 bits per heavy atom. The van der Waals surface area contributed by atoms with Gasteiger partial charge in [-0.2, -0.15) is 0 Å². The zero-order valence-electron chi connectivity index (χ0n) is 13.2. The topological polar surface area (TPSA) is 66.8 Å². The van der Waals surface area contributed by atoms with Gasteiger partial charge in [0.2, 0.25) is 10.0 Å². The number of hydrogen-bond donors (Lipinski definition) is 1. The first-order valence-corrected chi connectivity index (χ1v) is 8.41. The first kappa shape index (κ1) is 17.9. The van der Waals surface area contributed by atoms with E-state index in [2.05, 4.69) is 0 Å². The molecule has 6 heteroatoms. The number of sulfonamides is 1. The van der Waals surface area contributed by atoms with Crippen molar-refractivity contribution in [1.82, 2.24) is 4.31 Å². The van der Waals surface area contributed by atoms with Crippen LogP contribution in [0.25, 0.3) is 0 Å². The van der Waals surface area contributed by atoms with Crippen molar-refractivity contribution >= 4 is 10.0 Å². The van der Waals surface area contributed by atoms with E-state index in [0.717, 1.165) is 0 Å². The van der Waals surface area contributed by atoms with Gasteiger partial charge in [0.25, 0.3) is 0 Å². The summed E-state index contributed by atoms with van der Waals surface area (Å²) in [6.45, 7) is 6.92. The number of nitrogens with zero attached hydrogens (tertiary/aromatic N) is 1. The van der Waals surface area contributed by atoms with Crippen LogP contribution in [0.3, 0.4) is 0 Å². The van der Waals surface area contributed by atoms with Crippen molar-refractivity contribution in [3.05, 3.63) is 24.3 Å². The average molecular weight is 315 g/mol. The molecule has 0 radical (unpaired) electrons. The predicted octanol–water partition coefficient (Wildman–Crippen LogP) is 2.11. The molecule has 0 unspecified atom stereocenters. The van der Waals surface area contributed by atoms with Crippen molar-refractivity contribution in [2.45, 2.75) is 32.1 Å². The molecular formula is C15H25NO4S. The average Bonchev–Trinajstić information content (AvgIpc) is 2.37. The zero-order chi connectivity index (χ0) is 16.1. The Kier molecular flexibility index (Phi) is 6.19. The molecule has 120 valence electrons. The lowest BCUT2D eigenvalue weighted by Crippen LogP contribution is -2.34. The van der Waals surface area contributed by atoms with Gasteiger partial charge in [-0.3, -0.25) is 0 Å². The van der Waals surface area contributed by atoms with Crippen LogP contribution in [0, 0.1) is 5.41 Å². The Bertz CT molecular complexity index is 532. The summed E-state index contributed by atoms with van der Waals surface area (Å²) in [6, 6.07) is 6.36. The molecule has 0 heterocycles. The van der Waals surface area contributed by atoms with Crippen LogP contribution in [-0.4, -0.2) is 44.6 Å². The second kappa shape index (κ2) is 7.24. The van der Waals surface area contributed by atoms with Crippen molar-refractivity contribution < 1.29 is 18.3 Å². The van der Waals surface area contributed by atoms with Crippen LogP contribution in [0.15, 0.2) is 29.2 Å². The Balaban J connectivity index is 2.80. The normalized spacial score (nSPS) is 12.7. The molecule has 0 aliphatic rings. The van der Waals surface area contributed by atoms with E-state index in [1.807, 2.05) is 20.8 Å². The highest BCUT2D eigenvalue weighted by atomic mass is 32.2. The number of aliphatic hydroxyl groups excluding tert-OH is 1. The molecule has 0 spiro atoms. The van der Waals surface area contributed by atoms with Crippen molar-refractivity contribution in [3.8, 4) is 5.75 Å². The lowest BCUT2D eigenvalue weighted by Gasteiger charge is -2.26. The highest BCUT2D eigenvalue weighted by Crippen LogP contribution is 2.22. The molecule has 0 amide bonds. The lowest BCUT2D eigenvalue weighted by molar-refractivity contribution is 0.233. The SMILES string of the molecule is CN(CC(C)(C)C)S(=O)(=O)c1ccc(OCCCO)cc1. The minimum atomic E-state index is -3.48. The molecule has 0 saturated carbocycles. The molecule has 0 saturated heterocycles. The lowest BCUT2D eigenvalue weighted by atomic mass is 9.97. The second-order valence-electron chi connectivity index (χ2n) is 6.22. The molecule has 1 rings (SSSR count). The largest absolute Gasteiger partial charge is 0.494 e. The maximum absolute atomic E-state index is 12.4. The van der Waals surface area contributed by atoms with Crippen LogP contribution >= 0.6 is 0 Å². The molecule has 1 aromatic rings. The number of hydrogen-bond acceptors (Lipinski definition) is 4. The third-order valence-corrected chi connectivity index (χ3v) is 4.62. The van der Waals surface area contributed by atoms with E-state index in [-0.39, 0.29) is 16.9 Å². The summed E-state index contributed by atoms with van der Waals surface area (Å²) >= 11 is 0. The van der Waals surface area contributed by atoms with Crippen LogP contribution in [0.1, 0.15) is 27.2 Å². The molecule has 0 aromatic heterocycles. The number of ether oxygens (including phenoxy) is 1. The fourth-order valence-electron chi connectivity index (χ4n) is 1.90. The van der Waals surface area contributed by atoms with Gasteiger partial charge in [-0.1, -0.05) is 20.8 Å². The highest BCUT2D eigenvalue weighted by molar-refractivity contribution is 7.89.